The minimum absolute atomic E-state index is 0.0933. The zero-order valence-electron chi connectivity index (χ0n) is 9.82. The first kappa shape index (κ1) is 11.9. The molecule has 4 heteroatoms. The zero-order valence-corrected chi connectivity index (χ0v) is 9.82. The number of ether oxygens (including phenoxy) is 1. The SMILES string of the molecule is CC1CCCC(OC(=O)[C@@H]2C[C@@H](O)CN2)C1. The summed E-state index contributed by atoms with van der Waals surface area (Å²) in [5, 5.41) is 12.3. The Morgan fingerprint density at radius 2 is 2.19 bits per heavy atom. The number of esters is 1. The van der Waals surface area contributed by atoms with Crippen LogP contribution in [-0.4, -0.2) is 35.9 Å². The average molecular weight is 227 g/mol. The predicted molar refractivity (Wildman–Crippen MR) is 59.9 cm³/mol. The van der Waals surface area contributed by atoms with Gasteiger partial charge in [0.2, 0.25) is 0 Å². The Morgan fingerprint density at radius 3 is 2.81 bits per heavy atom. The fourth-order valence-electron chi connectivity index (χ4n) is 2.63. The lowest BCUT2D eigenvalue weighted by molar-refractivity contribution is -0.153. The van der Waals surface area contributed by atoms with Crippen molar-refractivity contribution in [2.45, 2.75) is 57.3 Å². The summed E-state index contributed by atoms with van der Waals surface area (Å²) in [5.74, 6) is 0.476. The van der Waals surface area contributed by atoms with Gasteiger partial charge in [0.1, 0.15) is 12.1 Å². The molecule has 2 aliphatic rings. The van der Waals surface area contributed by atoms with Crippen molar-refractivity contribution in [2.24, 2.45) is 5.92 Å². The van der Waals surface area contributed by atoms with Crippen LogP contribution in [0.4, 0.5) is 0 Å². The molecule has 92 valence electrons. The van der Waals surface area contributed by atoms with Crippen LogP contribution in [0.15, 0.2) is 0 Å². The van der Waals surface area contributed by atoms with Crippen molar-refractivity contribution in [1.29, 1.82) is 0 Å². The summed E-state index contributed by atoms with van der Waals surface area (Å²) in [6.07, 6.45) is 4.56. The number of β-amino-alcohol motifs (C(OH)–C–C–N with tert-alkyl or cyclic N) is 1. The maximum Gasteiger partial charge on any atom is 0.323 e. The number of hydrogen-bond acceptors (Lipinski definition) is 4. The maximum absolute atomic E-state index is 11.8. The van der Waals surface area contributed by atoms with Gasteiger partial charge in [-0.3, -0.25) is 4.79 Å². The molecule has 0 bridgehead atoms. The minimum Gasteiger partial charge on any atom is -0.461 e. The molecule has 2 unspecified atom stereocenters. The molecule has 4 nitrogen and oxygen atoms in total. The Balaban J connectivity index is 1.78. The van der Waals surface area contributed by atoms with Crippen LogP contribution in [0.3, 0.4) is 0 Å². The maximum atomic E-state index is 11.8. The Morgan fingerprint density at radius 1 is 1.38 bits per heavy atom. The number of aliphatic hydroxyl groups is 1. The van der Waals surface area contributed by atoms with Crippen LogP contribution in [0.5, 0.6) is 0 Å². The van der Waals surface area contributed by atoms with Gasteiger partial charge in [0.05, 0.1) is 6.10 Å². The van der Waals surface area contributed by atoms with E-state index >= 15 is 0 Å². The third-order valence-corrected chi connectivity index (χ3v) is 3.56. The van der Waals surface area contributed by atoms with Crippen LogP contribution in [0.1, 0.15) is 39.0 Å². The summed E-state index contributed by atoms with van der Waals surface area (Å²) in [7, 11) is 0. The zero-order chi connectivity index (χ0) is 11.5. The first-order valence-corrected chi connectivity index (χ1v) is 6.27. The summed E-state index contributed by atoms with van der Waals surface area (Å²) in [6, 6.07) is -0.299. The molecule has 16 heavy (non-hydrogen) atoms. The molecule has 1 aliphatic carbocycles. The fraction of sp³-hybridized carbons (Fsp3) is 0.917. The van der Waals surface area contributed by atoms with E-state index < -0.39 is 6.10 Å². The molecule has 2 N–H and O–H groups in total. The highest BCUT2D eigenvalue weighted by Gasteiger charge is 2.31. The van der Waals surface area contributed by atoms with E-state index in [0.717, 1.165) is 19.3 Å². The molecular formula is C12H21NO3. The normalized spacial score (nSPS) is 39.6. The Bertz CT molecular complexity index is 257. The number of carbonyl (C=O) groups is 1. The van der Waals surface area contributed by atoms with Crippen molar-refractivity contribution < 1.29 is 14.6 Å². The average Bonchev–Trinajstić information content (AvgIpc) is 2.65. The number of hydrogen-bond donors (Lipinski definition) is 2. The molecule has 0 amide bonds. The third-order valence-electron chi connectivity index (χ3n) is 3.56. The number of aliphatic hydroxyl groups excluding tert-OH is 1. The van der Waals surface area contributed by atoms with Crippen molar-refractivity contribution >= 4 is 5.97 Å². The van der Waals surface area contributed by atoms with Crippen molar-refractivity contribution in [2.75, 3.05) is 6.54 Å². The highest BCUT2D eigenvalue weighted by atomic mass is 16.5. The van der Waals surface area contributed by atoms with E-state index in [0.29, 0.717) is 18.9 Å². The van der Waals surface area contributed by atoms with Gasteiger partial charge < -0.3 is 15.2 Å². The molecule has 2 rings (SSSR count). The topological polar surface area (TPSA) is 58.6 Å². The highest BCUT2D eigenvalue weighted by molar-refractivity contribution is 5.76. The third kappa shape index (κ3) is 2.95. The van der Waals surface area contributed by atoms with Gasteiger partial charge in [-0.05, 0) is 25.2 Å². The van der Waals surface area contributed by atoms with E-state index in [2.05, 4.69) is 12.2 Å². The predicted octanol–water partition coefficient (Wildman–Crippen LogP) is 0.831. The van der Waals surface area contributed by atoms with Crippen molar-refractivity contribution in [1.82, 2.24) is 5.32 Å². The van der Waals surface area contributed by atoms with Crippen LogP contribution in [-0.2, 0) is 9.53 Å². The quantitative estimate of drug-likeness (QED) is 0.686. The number of rotatable bonds is 2. The first-order chi connectivity index (χ1) is 7.65. The van der Waals surface area contributed by atoms with Crippen LogP contribution in [0, 0.1) is 5.92 Å². The van der Waals surface area contributed by atoms with Gasteiger partial charge in [0.15, 0.2) is 0 Å². The summed E-state index contributed by atoms with van der Waals surface area (Å²) < 4.78 is 5.48. The smallest absolute Gasteiger partial charge is 0.323 e. The van der Waals surface area contributed by atoms with Gasteiger partial charge in [-0.15, -0.1) is 0 Å². The highest BCUT2D eigenvalue weighted by Crippen LogP contribution is 2.26. The molecule has 2 fully saturated rings. The van der Waals surface area contributed by atoms with Gasteiger partial charge >= 0.3 is 5.97 Å². The van der Waals surface area contributed by atoms with E-state index in [9.17, 15) is 9.90 Å². The standard InChI is InChI=1S/C12H21NO3/c1-8-3-2-4-10(5-8)16-12(15)11-6-9(14)7-13-11/h8-11,13-14H,2-7H2,1H3/t8?,9-,10?,11+/m1/s1. The molecule has 1 heterocycles. The van der Waals surface area contributed by atoms with Gasteiger partial charge in [-0.25, -0.2) is 0 Å². The molecule has 0 aromatic rings. The van der Waals surface area contributed by atoms with E-state index in [1.165, 1.54) is 6.42 Å². The fourth-order valence-corrected chi connectivity index (χ4v) is 2.63. The molecule has 1 aliphatic heterocycles. The summed E-state index contributed by atoms with van der Waals surface area (Å²) in [5.41, 5.74) is 0. The molecular weight excluding hydrogens is 206 g/mol. The second-order valence-corrected chi connectivity index (χ2v) is 5.18. The molecule has 0 spiro atoms. The van der Waals surface area contributed by atoms with Crippen molar-refractivity contribution in [3.05, 3.63) is 0 Å². The lowest BCUT2D eigenvalue weighted by Crippen LogP contribution is -2.36. The van der Waals surface area contributed by atoms with Gasteiger partial charge in [0, 0.05) is 13.0 Å². The molecule has 4 atom stereocenters. The number of carbonyl (C=O) groups excluding carboxylic acids is 1. The second-order valence-electron chi connectivity index (χ2n) is 5.18. The van der Waals surface area contributed by atoms with Crippen molar-refractivity contribution in [3.8, 4) is 0 Å². The molecule has 1 saturated heterocycles. The van der Waals surface area contributed by atoms with Crippen LogP contribution < -0.4 is 5.32 Å². The Hall–Kier alpha value is -0.610. The van der Waals surface area contributed by atoms with E-state index in [-0.39, 0.29) is 18.1 Å². The van der Waals surface area contributed by atoms with Gasteiger partial charge in [0.25, 0.3) is 0 Å². The van der Waals surface area contributed by atoms with Crippen LogP contribution >= 0.6 is 0 Å². The van der Waals surface area contributed by atoms with E-state index in [1.54, 1.807) is 0 Å². The molecule has 0 aromatic carbocycles. The van der Waals surface area contributed by atoms with Crippen molar-refractivity contribution in [3.63, 3.8) is 0 Å². The molecule has 0 radical (unpaired) electrons. The van der Waals surface area contributed by atoms with E-state index in [1.807, 2.05) is 0 Å². The lowest BCUT2D eigenvalue weighted by Gasteiger charge is -2.27. The van der Waals surface area contributed by atoms with Crippen LogP contribution in [0.2, 0.25) is 0 Å². The van der Waals surface area contributed by atoms with E-state index in [4.69, 9.17) is 4.74 Å². The lowest BCUT2D eigenvalue weighted by atomic mass is 9.89. The van der Waals surface area contributed by atoms with Gasteiger partial charge in [-0.2, -0.15) is 0 Å². The summed E-state index contributed by atoms with van der Waals surface area (Å²) in [4.78, 5) is 11.8. The second kappa shape index (κ2) is 5.15. The molecule has 1 saturated carbocycles. The molecule has 0 aromatic heterocycles. The largest absolute Gasteiger partial charge is 0.461 e. The minimum atomic E-state index is -0.400. The summed E-state index contributed by atoms with van der Waals surface area (Å²) >= 11 is 0. The summed E-state index contributed by atoms with van der Waals surface area (Å²) in [6.45, 7) is 2.71. The van der Waals surface area contributed by atoms with Gasteiger partial charge in [-0.1, -0.05) is 13.3 Å². The first-order valence-electron chi connectivity index (χ1n) is 6.27. The Labute approximate surface area is 96.4 Å². The van der Waals surface area contributed by atoms with Crippen LogP contribution in [0.25, 0.3) is 0 Å². The number of nitrogens with one attached hydrogen (secondary N) is 1. The monoisotopic (exact) mass is 227 g/mol. The Kier molecular flexibility index (Phi) is 3.82.